The topological polar surface area (TPSA) is 87.8 Å². The molecule has 0 aromatic carbocycles. The molecule has 0 spiro atoms. The van der Waals surface area contributed by atoms with Gasteiger partial charge in [-0.2, -0.15) is 11.8 Å². The number of sulfonamides is 1. The van der Waals surface area contributed by atoms with Crippen molar-refractivity contribution in [1.82, 2.24) is 9.62 Å². The van der Waals surface area contributed by atoms with Crippen molar-refractivity contribution in [2.45, 2.75) is 19.3 Å². The first-order valence-electron chi connectivity index (χ1n) is 7.17. The first kappa shape index (κ1) is 15.9. The van der Waals surface area contributed by atoms with Gasteiger partial charge >= 0.3 is 0 Å². The van der Waals surface area contributed by atoms with Crippen molar-refractivity contribution < 1.29 is 8.42 Å². The van der Waals surface area contributed by atoms with Gasteiger partial charge in [-0.25, -0.2) is 13.1 Å². The fourth-order valence-electron chi connectivity index (χ4n) is 2.19. The summed E-state index contributed by atoms with van der Waals surface area (Å²) in [5.41, 5.74) is 5.88. The van der Waals surface area contributed by atoms with Crippen molar-refractivity contribution in [1.29, 1.82) is 0 Å². The molecule has 0 radical (unpaired) electrons. The zero-order valence-electron chi connectivity index (χ0n) is 11.8. The van der Waals surface area contributed by atoms with E-state index in [0.29, 0.717) is 18.4 Å². The van der Waals surface area contributed by atoms with Crippen LogP contribution in [0.3, 0.4) is 0 Å². The van der Waals surface area contributed by atoms with Gasteiger partial charge in [0.2, 0.25) is 10.0 Å². The molecule has 3 N–H and O–H groups in total. The minimum Gasteiger partial charge on any atom is -0.370 e. The normalized spacial score (nSPS) is 21.8. The van der Waals surface area contributed by atoms with Crippen LogP contribution in [0.5, 0.6) is 0 Å². The van der Waals surface area contributed by atoms with Crippen LogP contribution in [-0.2, 0) is 10.0 Å². The van der Waals surface area contributed by atoms with E-state index in [0.717, 1.165) is 37.4 Å². The number of nitrogens with two attached hydrogens (primary N) is 1. The van der Waals surface area contributed by atoms with Gasteiger partial charge in [-0.3, -0.25) is 4.99 Å². The number of rotatable bonds is 6. The molecule has 0 unspecified atom stereocenters. The minimum atomic E-state index is -3.21. The van der Waals surface area contributed by atoms with Gasteiger partial charge in [-0.1, -0.05) is 6.42 Å². The third kappa shape index (κ3) is 5.14. The zero-order valence-corrected chi connectivity index (χ0v) is 13.4. The van der Waals surface area contributed by atoms with Crippen LogP contribution in [0.25, 0.3) is 0 Å². The summed E-state index contributed by atoms with van der Waals surface area (Å²) < 4.78 is 26.2. The summed E-state index contributed by atoms with van der Waals surface area (Å²) in [6.45, 7) is 2.60. The van der Waals surface area contributed by atoms with Gasteiger partial charge < -0.3 is 10.6 Å². The van der Waals surface area contributed by atoms with Crippen molar-refractivity contribution in [3.63, 3.8) is 0 Å². The standard InChI is InChI=1S/C12H24N4O2S2/c13-12(16-5-7-19-8-6-16)14-4-9-20(17,18)15-10-11-2-1-3-11/h11,15H,1-10H2,(H2,13,14). The van der Waals surface area contributed by atoms with Gasteiger partial charge in [0.05, 0.1) is 12.3 Å². The Labute approximate surface area is 125 Å². The summed E-state index contributed by atoms with van der Waals surface area (Å²) in [6, 6.07) is 0. The van der Waals surface area contributed by atoms with Gasteiger partial charge in [0.25, 0.3) is 0 Å². The Morgan fingerprint density at radius 3 is 2.65 bits per heavy atom. The lowest BCUT2D eigenvalue weighted by Gasteiger charge is -2.27. The maximum absolute atomic E-state index is 11.8. The van der Waals surface area contributed by atoms with Crippen LogP contribution in [0.1, 0.15) is 19.3 Å². The number of aliphatic imine (C=N–C) groups is 1. The van der Waals surface area contributed by atoms with Crippen LogP contribution >= 0.6 is 11.8 Å². The highest BCUT2D eigenvalue weighted by atomic mass is 32.2. The number of guanidine groups is 1. The highest BCUT2D eigenvalue weighted by molar-refractivity contribution is 7.99. The van der Waals surface area contributed by atoms with Crippen molar-refractivity contribution in [2.75, 3.05) is 43.4 Å². The molecule has 6 nitrogen and oxygen atoms in total. The quantitative estimate of drug-likeness (QED) is 0.534. The summed E-state index contributed by atoms with van der Waals surface area (Å²) >= 11 is 1.90. The smallest absolute Gasteiger partial charge is 0.213 e. The third-order valence-electron chi connectivity index (χ3n) is 3.79. The highest BCUT2D eigenvalue weighted by Gasteiger charge is 2.20. The molecule has 0 aromatic heterocycles. The zero-order chi connectivity index (χ0) is 14.4. The summed E-state index contributed by atoms with van der Waals surface area (Å²) in [7, 11) is -3.21. The molecule has 116 valence electrons. The Balaban J connectivity index is 1.69. The number of hydrogen-bond donors (Lipinski definition) is 2. The van der Waals surface area contributed by atoms with E-state index in [1.807, 2.05) is 16.7 Å². The van der Waals surface area contributed by atoms with E-state index in [-0.39, 0.29) is 12.3 Å². The molecular weight excluding hydrogens is 296 g/mol. The molecule has 2 rings (SSSR count). The number of nitrogens with one attached hydrogen (secondary N) is 1. The Kier molecular flexibility index (Phi) is 5.98. The average molecular weight is 320 g/mol. The predicted molar refractivity (Wildman–Crippen MR) is 84.5 cm³/mol. The van der Waals surface area contributed by atoms with Gasteiger partial charge in [0, 0.05) is 31.1 Å². The van der Waals surface area contributed by atoms with Crippen molar-refractivity contribution in [3.8, 4) is 0 Å². The van der Waals surface area contributed by atoms with Gasteiger partial charge in [-0.05, 0) is 18.8 Å². The lowest BCUT2D eigenvalue weighted by molar-refractivity contribution is 0.316. The first-order chi connectivity index (χ1) is 9.57. The monoisotopic (exact) mass is 320 g/mol. The Morgan fingerprint density at radius 2 is 2.05 bits per heavy atom. The highest BCUT2D eigenvalue weighted by Crippen LogP contribution is 2.25. The maximum atomic E-state index is 11.8. The summed E-state index contributed by atoms with van der Waals surface area (Å²) in [5, 5.41) is 0. The van der Waals surface area contributed by atoms with Crippen LogP contribution in [-0.4, -0.2) is 62.7 Å². The van der Waals surface area contributed by atoms with E-state index < -0.39 is 10.0 Å². The molecular formula is C12H24N4O2S2. The largest absolute Gasteiger partial charge is 0.370 e. The van der Waals surface area contributed by atoms with E-state index in [1.165, 1.54) is 6.42 Å². The number of thioether (sulfide) groups is 1. The van der Waals surface area contributed by atoms with E-state index in [4.69, 9.17) is 5.73 Å². The van der Waals surface area contributed by atoms with Crippen LogP contribution in [0.2, 0.25) is 0 Å². The van der Waals surface area contributed by atoms with Crippen LogP contribution in [0.4, 0.5) is 0 Å². The van der Waals surface area contributed by atoms with Crippen LogP contribution in [0.15, 0.2) is 4.99 Å². The Bertz CT molecular complexity index is 429. The maximum Gasteiger partial charge on any atom is 0.213 e. The summed E-state index contributed by atoms with van der Waals surface area (Å²) in [6.07, 6.45) is 3.50. The molecule has 1 saturated carbocycles. The van der Waals surface area contributed by atoms with Gasteiger partial charge in [-0.15, -0.1) is 0 Å². The Morgan fingerprint density at radius 1 is 1.35 bits per heavy atom. The van der Waals surface area contributed by atoms with Crippen LogP contribution < -0.4 is 10.5 Å². The Hall–Kier alpha value is -0.470. The van der Waals surface area contributed by atoms with E-state index in [2.05, 4.69) is 9.71 Å². The molecule has 2 fully saturated rings. The molecule has 0 amide bonds. The number of nitrogens with zero attached hydrogens (tertiary/aromatic N) is 2. The van der Waals surface area contributed by atoms with E-state index >= 15 is 0 Å². The number of hydrogen-bond acceptors (Lipinski definition) is 4. The average Bonchev–Trinajstić information content (AvgIpc) is 2.37. The SMILES string of the molecule is NC(=NCCS(=O)(=O)NCC1CCC1)N1CCSCC1. The second kappa shape index (κ2) is 7.51. The molecule has 0 aromatic rings. The van der Waals surface area contributed by atoms with Gasteiger partial charge in [0.15, 0.2) is 5.96 Å². The van der Waals surface area contributed by atoms with Crippen molar-refractivity contribution in [3.05, 3.63) is 0 Å². The first-order valence-corrected chi connectivity index (χ1v) is 9.97. The summed E-state index contributed by atoms with van der Waals surface area (Å²) in [5.74, 6) is 3.13. The van der Waals surface area contributed by atoms with Crippen LogP contribution in [0, 0.1) is 5.92 Å². The predicted octanol–water partition coefficient (Wildman–Crippen LogP) is 0.0694. The fourth-order valence-corrected chi connectivity index (χ4v) is 4.06. The molecule has 0 bridgehead atoms. The molecule has 0 atom stereocenters. The molecule has 20 heavy (non-hydrogen) atoms. The lowest BCUT2D eigenvalue weighted by Crippen LogP contribution is -2.43. The fraction of sp³-hybridized carbons (Fsp3) is 0.917. The molecule has 1 aliphatic carbocycles. The van der Waals surface area contributed by atoms with Crippen molar-refractivity contribution in [2.24, 2.45) is 16.6 Å². The molecule has 2 aliphatic rings. The molecule has 1 saturated heterocycles. The van der Waals surface area contributed by atoms with E-state index in [9.17, 15) is 8.42 Å². The second-order valence-corrected chi connectivity index (χ2v) is 8.45. The molecule has 8 heteroatoms. The van der Waals surface area contributed by atoms with Crippen molar-refractivity contribution >= 4 is 27.7 Å². The minimum absolute atomic E-state index is 0.0169. The second-order valence-electron chi connectivity index (χ2n) is 5.30. The van der Waals surface area contributed by atoms with Gasteiger partial charge in [0.1, 0.15) is 0 Å². The third-order valence-corrected chi connectivity index (χ3v) is 6.05. The van der Waals surface area contributed by atoms with E-state index in [1.54, 1.807) is 0 Å². The molecule has 1 heterocycles. The summed E-state index contributed by atoms with van der Waals surface area (Å²) in [4.78, 5) is 6.20. The lowest BCUT2D eigenvalue weighted by atomic mass is 9.86. The molecule has 1 aliphatic heterocycles.